The number of rotatable bonds is 5. The minimum absolute atomic E-state index is 0.153. The van der Waals surface area contributed by atoms with E-state index in [9.17, 15) is 13.2 Å². The molecule has 0 saturated carbocycles. The third-order valence-corrected chi connectivity index (χ3v) is 7.58. The maximum Gasteiger partial charge on any atom is 0.227 e. The van der Waals surface area contributed by atoms with Crippen molar-refractivity contribution >= 4 is 56.4 Å². The van der Waals surface area contributed by atoms with Crippen molar-refractivity contribution in [3.05, 3.63) is 63.1 Å². The molecule has 5 nitrogen and oxygen atoms in total. The molecule has 1 saturated heterocycles. The zero-order valence-electron chi connectivity index (χ0n) is 14.9. The van der Waals surface area contributed by atoms with Crippen molar-refractivity contribution < 1.29 is 13.2 Å². The Balaban J connectivity index is 1.61. The molecule has 2 aromatic rings. The highest BCUT2D eigenvalue weighted by Crippen LogP contribution is 2.29. The van der Waals surface area contributed by atoms with E-state index < -0.39 is 10.0 Å². The van der Waals surface area contributed by atoms with Gasteiger partial charge in [-0.25, -0.2) is 12.7 Å². The summed E-state index contributed by atoms with van der Waals surface area (Å²) in [6.07, 6.45) is 0.873. The summed E-state index contributed by atoms with van der Waals surface area (Å²) in [6, 6.07) is 11.9. The number of benzene rings is 2. The molecule has 0 bridgehead atoms. The molecule has 9 heteroatoms. The Hall–Kier alpha value is -1.31. The molecule has 2 aromatic carbocycles. The average molecular weight is 462 g/mol. The summed E-state index contributed by atoms with van der Waals surface area (Å²) in [5.41, 5.74) is 0.946. The van der Waals surface area contributed by atoms with E-state index in [1.165, 1.54) is 4.31 Å². The Kier molecular flexibility index (Phi) is 6.89. The van der Waals surface area contributed by atoms with E-state index >= 15 is 0 Å². The SMILES string of the molecule is O=C(Nc1ccccc1Cl)C1CCN(S(=O)(=O)Cc2c(Cl)cccc2Cl)CC1. The van der Waals surface area contributed by atoms with Gasteiger partial charge in [0.05, 0.1) is 16.5 Å². The third-order valence-electron chi connectivity index (χ3n) is 4.74. The van der Waals surface area contributed by atoms with Crippen molar-refractivity contribution in [3.63, 3.8) is 0 Å². The van der Waals surface area contributed by atoms with Crippen LogP contribution in [0, 0.1) is 5.92 Å². The van der Waals surface area contributed by atoms with Gasteiger partial charge in [-0.05, 0) is 37.1 Å². The molecule has 3 rings (SSSR count). The molecule has 1 N–H and O–H groups in total. The Bertz CT molecular complexity index is 954. The van der Waals surface area contributed by atoms with Crippen LogP contribution in [-0.4, -0.2) is 31.7 Å². The predicted octanol–water partition coefficient (Wildman–Crippen LogP) is 4.83. The Morgan fingerprint density at radius 2 is 1.54 bits per heavy atom. The highest BCUT2D eigenvalue weighted by molar-refractivity contribution is 7.88. The van der Waals surface area contributed by atoms with Crippen molar-refractivity contribution in [2.75, 3.05) is 18.4 Å². The smallest absolute Gasteiger partial charge is 0.227 e. The molecule has 0 unspecified atom stereocenters. The van der Waals surface area contributed by atoms with Gasteiger partial charge in [0.25, 0.3) is 0 Å². The van der Waals surface area contributed by atoms with Crippen LogP contribution < -0.4 is 5.32 Å². The molecule has 0 aromatic heterocycles. The Labute approximate surface area is 179 Å². The topological polar surface area (TPSA) is 66.5 Å². The zero-order chi connectivity index (χ0) is 20.3. The van der Waals surface area contributed by atoms with E-state index in [2.05, 4.69) is 5.32 Å². The number of hydrogen-bond donors (Lipinski definition) is 1. The van der Waals surface area contributed by atoms with E-state index in [4.69, 9.17) is 34.8 Å². The van der Waals surface area contributed by atoms with E-state index in [-0.39, 0.29) is 30.7 Å². The van der Waals surface area contributed by atoms with Gasteiger partial charge in [-0.3, -0.25) is 4.79 Å². The lowest BCUT2D eigenvalue weighted by Crippen LogP contribution is -2.42. The van der Waals surface area contributed by atoms with E-state index in [0.29, 0.717) is 39.2 Å². The molecule has 150 valence electrons. The van der Waals surface area contributed by atoms with Crippen molar-refractivity contribution in [3.8, 4) is 0 Å². The summed E-state index contributed by atoms with van der Waals surface area (Å²) in [6.45, 7) is 0.538. The van der Waals surface area contributed by atoms with E-state index in [0.717, 1.165) is 0 Å². The number of para-hydroxylation sites is 1. The lowest BCUT2D eigenvalue weighted by Gasteiger charge is -2.30. The van der Waals surface area contributed by atoms with Gasteiger partial charge in [0.1, 0.15) is 0 Å². The van der Waals surface area contributed by atoms with Crippen molar-refractivity contribution in [2.45, 2.75) is 18.6 Å². The van der Waals surface area contributed by atoms with E-state index in [1.54, 1.807) is 42.5 Å². The number of anilines is 1. The first-order chi connectivity index (χ1) is 13.3. The molecule has 1 amide bonds. The van der Waals surface area contributed by atoms with Gasteiger partial charge < -0.3 is 5.32 Å². The third kappa shape index (κ3) is 4.99. The number of sulfonamides is 1. The minimum atomic E-state index is -3.58. The van der Waals surface area contributed by atoms with Crippen molar-refractivity contribution in [2.24, 2.45) is 5.92 Å². The van der Waals surface area contributed by atoms with Crippen molar-refractivity contribution in [1.29, 1.82) is 0 Å². The number of amides is 1. The van der Waals surface area contributed by atoms with Crippen LogP contribution in [0.15, 0.2) is 42.5 Å². The van der Waals surface area contributed by atoms with Gasteiger partial charge in [0.2, 0.25) is 15.9 Å². The summed E-state index contributed by atoms with van der Waals surface area (Å²) in [5.74, 6) is -0.687. The first-order valence-corrected chi connectivity index (χ1v) is 11.5. The fourth-order valence-electron chi connectivity index (χ4n) is 3.14. The molecule has 1 fully saturated rings. The number of nitrogens with zero attached hydrogens (tertiary/aromatic N) is 1. The second kappa shape index (κ2) is 9.01. The Morgan fingerprint density at radius 1 is 0.964 bits per heavy atom. The highest BCUT2D eigenvalue weighted by Gasteiger charge is 2.32. The number of carbonyl (C=O) groups excluding carboxylic acids is 1. The van der Waals surface area contributed by atoms with Gasteiger partial charge in [-0.2, -0.15) is 0 Å². The molecule has 1 heterocycles. The molecule has 0 radical (unpaired) electrons. The molecular formula is C19H19Cl3N2O3S. The monoisotopic (exact) mass is 460 g/mol. The number of hydrogen-bond acceptors (Lipinski definition) is 3. The normalized spacial score (nSPS) is 16.1. The molecule has 28 heavy (non-hydrogen) atoms. The standard InChI is InChI=1S/C19H19Cl3N2O3S/c20-15-5-3-6-16(21)14(15)12-28(26,27)24-10-8-13(9-11-24)19(25)23-18-7-2-1-4-17(18)22/h1-7,13H,8-12H2,(H,23,25). The molecule has 0 atom stereocenters. The molecule has 1 aliphatic rings. The summed E-state index contributed by atoms with van der Waals surface area (Å²) in [5, 5.41) is 3.93. The van der Waals surface area contributed by atoms with Crippen molar-refractivity contribution in [1.82, 2.24) is 4.31 Å². The van der Waals surface area contributed by atoms with Gasteiger partial charge in [0, 0.05) is 34.6 Å². The zero-order valence-corrected chi connectivity index (χ0v) is 18.0. The highest BCUT2D eigenvalue weighted by atomic mass is 35.5. The number of nitrogens with one attached hydrogen (secondary N) is 1. The van der Waals surface area contributed by atoms with Gasteiger partial charge in [-0.1, -0.05) is 53.0 Å². The average Bonchev–Trinajstić information content (AvgIpc) is 2.67. The molecular weight excluding hydrogens is 443 g/mol. The van der Waals surface area contributed by atoms with Gasteiger partial charge >= 0.3 is 0 Å². The van der Waals surface area contributed by atoms with Gasteiger partial charge in [0.15, 0.2) is 0 Å². The molecule has 0 aliphatic carbocycles. The molecule has 1 aliphatic heterocycles. The van der Waals surface area contributed by atoms with Crippen LogP contribution >= 0.6 is 34.8 Å². The lowest BCUT2D eigenvalue weighted by molar-refractivity contribution is -0.120. The summed E-state index contributed by atoms with van der Waals surface area (Å²) >= 11 is 18.3. The number of piperidine rings is 1. The van der Waals surface area contributed by atoms with Crippen LogP contribution in [-0.2, 0) is 20.6 Å². The number of halogens is 3. The van der Waals surface area contributed by atoms with E-state index in [1.807, 2.05) is 0 Å². The van der Waals surface area contributed by atoms with Gasteiger partial charge in [-0.15, -0.1) is 0 Å². The largest absolute Gasteiger partial charge is 0.325 e. The lowest BCUT2D eigenvalue weighted by atomic mass is 9.97. The predicted molar refractivity (Wildman–Crippen MR) is 113 cm³/mol. The van der Waals surface area contributed by atoms with Crippen LogP contribution in [0.1, 0.15) is 18.4 Å². The quantitative estimate of drug-likeness (QED) is 0.693. The second-order valence-electron chi connectivity index (χ2n) is 6.60. The maximum absolute atomic E-state index is 12.8. The van der Waals surface area contributed by atoms with Crippen LogP contribution in [0.3, 0.4) is 0 Å². The first-order valence-electron chi connectivity index (χ1n) is 8.74. The fraction of sp³-hybridized carbons (Fsp3) is 0.316. The Morgan fingerprint density at radius 3 is 2.14 bits per heavy atom. The van der Waals surface area contributed by atoms with Crippen LogP contribution in [0.5, 0.6) is 0 Å². The minimum Gasteiger partial charge on any atom is -0.325 e. The second-order valence-corrected chi connectivity index (χ2v) is 9.79. The maximum atomic E-state index is 12.8. The summed E-state index contributed by atoms with van der Waals surface area (Å²) in [4.78, 5) is 12.5. The fourth-order valence-corrected chi connectivity index (χ4v) is 5.64. The van der Waals surface area contributed by atoms with Crippen LogP contribution in [0.4, 0.5) is 5.69 Å². The first kappa shape index (κ1) is 21.4. The summed E-state index contributed by atoms with van der Waals surface area (Å²) < 4.78 is 26.9. The summed E-state index contributed by atoms with van der Waals surface area (Å²) in [7, 11) is -3.58. The van der Waals surface area contributed by atoms with Crippen LogP contribution in [0.2, 0.25) is 15.1 Å². The number of carbonyl (C=O) groups is 1. The van der Waals surface area contributed by atoms with Crippen LogP contribution in [0.25, 0.3) is 0 Å². The molecule has 0 spiro atoms.